The molecule has 204 valence electrons. The van der Waals surface area contributed by atoms with E-state index in [2.05, 4.69) is 24.5 Å². The molecule has 5 rings (SSSR count). The first-order chi connectivity index (χ1) is 17.3. The highest BCUT2D eigenvalue weighted by atomic mass is 32.2. The molecule has 1 amide bonds. The molecule has 36 heavy (non-hydrogen) atoms. The van der Waals surface area contributed by atoms with Gasteiger partial charge in [0.05, 0.1) is 36.9 Å². The molecule has 12 atom stereocenters. The van der Waals surface area contributed by atoms with Crippen molar-refractivity contribution in [2.75, 3.05) is 25.5 Å². The Morgan fingerprint density at radius 1 is 1.28 bits per heavy atom. The van der Waals surface area contributed by atoms with Crippen molar-refractivity contribution >= 4 is 17.7 Å². The lowest BCUT2D eigenvalue weighted by molar-refractivity contribution is -0.156. The fraction of sp³-hybridized carbons (Fsp3) is 0.885. The number of carbonyl (C=O) groups excluding carboxylic acids is 1. The molecule has 0 aromatic heterocycles. The first-order valence-electron chi connectivity index (χ1n) is 13.5. The van der Waals surface area contributed by atoms with Crippen molar-refractivity contribution in [1.82, 2.24) is 10.6 Å². The minimum absolute atomic E-state index is 0.0491. The predicted molar refractivity (Wildman–Crippen MR) is 135 cm³/mol. The van der Waals surface area contributed by atoms with Gasteiger partial charge in [-0.25, -0.2) is 0 Å². The van der Waals surface area contributed by atoms with Crippen LogP contribution in [0.25, 0.3) is 0 Å². The zero-order valence-electron chi connectivity index (χ0n) is 21.2. The average molecular weight is 527 g/mol. The maximum atomic E-state index is 13.6. The van der Waals surface area contributed by atoms with Gasteiger partial charge in [-0.15, -0.1) is 11.8 Å². The summed E-state index contributed by atoms with van der Waals surface area (Å²) in [5.74, 6) is 1.03. The van der Waals surface area contributed by atoms with E-state index in [0.29, 0.717) is 30.6 Å². The van der Waals surface area contributed by atoms with E-state index in [1.807, 2.05) is 12.2 Å². The second-order valence-electron chi connectivity index (χ2n) is 11.8. The summed E-state index contributed by atoms with van der Waals surface area (Å²) >= 11 is 1.31. The van der Waals surface area contributed by atoms with Gasteiger partial charge in [0.15, 0.2) is 0 Å². The van der Waals surface area contributed by atoms with Crippen molar-refractivity contribution < 1.29 is 34.7 Å². The third-order valence-corrected chi connectivity index (χ3v) is 10.2. The van der Waals surface area contributed by atoms with Crippen molar-refractivity contribution in [3.05, 3.63) is 12.2 Å². The van der Waals surface area contributed by atoms with Gasteiger partial charge in [0.2, 0.25) is 5.91 Å². The number of carbonyl (C=O) groups is 1. The Morgan fingerprint density at radius 3 is 2.83 bits per heavy atom. The van der Waals surface area contributed by atoms with E-state index in [0.717, 1.165) is 19.4 Å². The maximum absolute atomic E-state index is 13.6. The monoisotopic (exact) mass is 526 g/mol. The van der Waals surface area contributed by atoms with Gasteiger partial charge in [-0.05, 0) is 43.4 Å². The molecule has 6 N–H and O–H groups in total. The van der Waals surface area contributed by atoms with Crippen molar-refractivity contribution in [2.45, 2.75) is 87.1 Å². The second kappa shape index (κ2) is 10.8. The maximum Gasteiger partial charge on any atom is 0.240 e. The Morgan fingerprint density at radius 2 is 2.08 bits per heavy atom. The lowest BCUT2D eigenvalue weighted by Crippen LogP contribution is -2.59. The highest BCUT2D eigenvalue weighted by molar-refractivity contribution is 7.99. The quantitative estimate of drug-likeness (QED) is 0.273. The van der Waals surface area contributed by atoms with Crippen molar-refractivity contribution in [2.24, 2.45) is 29.6 Å². The van der Waals surface area contributed by atoms with Crippen LogP contribution in [-0.4, -0.2) is 99.4 Å². The first-order valence-corrected chi connectivity index (χ1v) is 14.6. The van der Waals surface area contributed by atoms with Crippen LogP contribution in [0.3, 0.4) is 0 Å². The summed E-state index contributed by atoms with van der Waals surface area (Å²) in [6, 6.07) is -1.09. The van der Waals surface area contributed by atoms with Gasteiger partial charge in [-0.1, -0.05) is 26.0 Å². The summed E-state index contributed by atoms with van der Waals surface area (Å²) in [5, 5.41) is 48.5. The van der Waals surface area contributed by atoms with Crippen molar-refractivity contribution in [3.8, 4) is 0 Å². The van der Waals surface area contributed by atoms with Crippen LogP contribution in [0.5, 0.6) is 0 Å². The van der Waals surface area contributed by atoms with E-state index in [1.54, 1.807) is 0 Å². The van der Waals surface area contributed by atoms with E-state index in [4.69, 9.17) is 9.47 Å². The fourth-order valence-corrected chi connectivity index (χ4v) is 8.22. The van der Waals surface area contributed by atoms with Gasteiger partial charge in [0.1, 0.15) is 23.2 Å². The smallest absolute Gasteiger partial charge is 0.240 e. The number of aliphatic hydroxyl groups is 4. The van der Waals surface area contributed by atoms with Crippen molar-refractivity contribution in [1.29, 1.82) is 0 Å². The summed E-state index contributed by atoms with van der Waals surface area (Å²) in [6.07, 6.45) is 3.95. The van der Waals surface area contributed by atoms with Crippen LogP contribution in [0.15, 0.2) is 12.2 Å². The third kappa shape index (κ3) is 4.88. The zero-order valence-corrected chi connectivity index (χ0v) is 22.0. The summed E-state index contributed by atoms with van der Waals surface area (Å²) < 4.78 is 12.5. The minimum atomic E-state index is -1.16. The molecule has 0 aromatic rings. The van der Waals surface area contributed by atoms with E-state index in [-0.39, 0.29) is 30.5 Å². The molecule has 1 saturated carbocycles. The molecule has 9 nitrogen and oxygen atoms in total. The number of hydrogen-bond acceptors (Lipinski definition) is 9. The van der Waals surface area contributed by atoms with Crippen LogP contribution in [0.4, 0.5) is 0 Å². The van der Waals surface area contributed by atoms with Gasteiger partial charge in [-0.2, -0.15) is 0 Å². The topological polar surface area (TPSA) is 141 Å². The van der Waals surface area contributed by atoms with Crippen LogP contribution >= 0.6 is 11.8 Å². The fourth-order valence-electron chi connectivity index (χ4n) is 6.98. The van der Waals surface area contributed by atoms with Crippen LogP contribution < -0.4 is 10.6 Å². The summed E-state index contributed by atoms with van der Waals surface area (Å²) in [6.45, 7) is 5.82. The number of fused-ring (bicyclic) bond motifs is 2. The van der Waals surface area contributed by atoms with E-state index in [1.165, 1.54) is 18.2 Å². The molecular formula is C26H42N2O7S. The summed E-state index contributed by atoms with van der Waals surface area (Å²) in [5.41, 5.74) is -1.92. The molecule has 1 spiro atoms. The number of aliphatic hydroxyl groups excluding tert-OH is 4. The van der Waals surface area contributed by atoms with E-state index < -0.39 is 47.4 Å². The third-order valence-electron chi connectivity index (χ3n) is 8.83. The van der Waals surface area contributed by atoms with Gasteiger partial charge in [0, 0.05) is 24.8 Å². The molecule has 2 bridgehead atoms. The largest absolute Gasteiger partial charge is 0.396 e. The Labute approximate surface area is 217 Å². The van der Waals surface area contributed by atoms with E-state index >= 15 is 0 Å². The number of thioether (sulfide) groups is 1. The van der Waals surface area contributed by atoms with E-state index in [9.17, 15) is 25.2 Å². The second-order valence-corrected chi connectivity index (χ2v) is 12.9. The molecule has 10 heteroatoms. The first kappa shape index (κ1) is 26.9. The molecule has 5 unspecified atom stereocenters. The van der Waals surface area contributed by atoms with Crippen LogP contribution in [0.1, 0.15) is 39.5 Å². The number of nitrogens with one attached hydrogen (secondary N) is 2. The number of rotatable bonds is 5. The zero-order chi connectivity index (χ0) is 25.6. The Kier molecular flexibility index (Phi) is 8.06. The number of amides is 1. The van der Waals surface area contributed by atoms with Crippen LogP contribution in [0, 0.1) is 29.6 Å². The molecule has 3 saturated heterocycles. The van der Waals surface area contributed by atoms with Gasteiger partial charge in [0.25, 0.3) is 0 Å². The standard InChI is InChI=1S/C26H42N2O7S/c1-13(2)8-14-6-7-34-22-16(9-14)10-27-19(22)24(33)28-17-5-3-4-15(11-29)12-36-25-21(31)20(30)18-23(32)26(17,18)35-25/h3-4,13-23,25,27,29-32H,5-12H2,1-2H3,(H,28,33)/b4-3-/t14-,15?,16-,17+,18?,19-,20?,21+,22+,23-,25?,26?/m0/s1. The molecule has 5 aliphatic rings. The Balaban J connectivity index is 1.33. The molecule has 4 aliphatic heterocycles. The lowest BCUT2D eigenvalue weighted by Gasteiger charge is -2.40. The lowest BCUT2D eigenvalue weighted by atomic mass is 9.85. The molecule has 0 radical (unpaired) electrons. The van der Waals surface area contributed by atoms with Gasteiger partial charge < -0.3 is 40.5 Å². The Hall–Kier alpha value is -0.720. The molecule has 0 aromatic carbocycles. The predicted octanol–water partition coefficient (Wildman–Crippen LogP) is 0.00970. The highest BCUT2D eigenvalue weighted by Gasteiger charge is 2.77. The van der Waals surface area contributed by atoms with Crippen molar-refractivity contribution in [3.63, 3.8) is 0 Å². The van der Waals surface area contributed by atoms with Gasteiger partial charge in [-0.3, -0.25) is 4.79 Å². The molecular weight excluding hydrogens is 484 g/mol. The average Bonchev–Trinajstić information content (AvgIpc) is 3.33. The SMILES string of the molecule is CC(C)C[C@@H]1CCO[C@@H]2[C@H](CN[C@@H]2C(=O)N[C@@H]2C/C=C\C(CO)CSC3OC24C(C(O)[C@H]3O)[C@@H]4O)C1. The number of hydrogen-bond donors (Lipinski definition) is 6. The molecule has 4 heterocycles. The Bertz CT molecular complexity index is 830. The van der Waals surface area contributed by atoms with Crippen LogP contribution in [-0.2, 0) is 14.3 Å². The molecule has 1 aliphatic carbocycles. The minimum Gasteiger partial charge on any atom is -0.396 e. The normalized spacial score (nSPS) is 49.5. The number of ether oxygens (including phenoxy) is 2. The highest BCUT2D eigenvalue weighted by Crippen LogP contribution is 2.58. The van der Waals surface area contributed by atoms with Crippen LogP contribution in [0.2, 0.25) is 0 Å². The molecule has 4 fully saturated rings. The van der Waals surface area contributed by atoms with Gasteiger partial charge >= 0.3 is 0 Å². The summed E-state index contributed by atoms with van der Waals surface area (Å²) in [7, 11) is 0. The summed E-state index contributed by atoms with van der Waals surface area (Å²) in [4.78, 5) is 13.6.